The van der Waals surface area contributed by atoms with Crippen LogP contribution in [0.5, 0.6) is 5.75 Å². The van der Waals surface area contributed by atoms with Gasteiger partial charge >= 0.3 is 0 Å². The predicted molar refractivity (Wildman–Crippen MR) is 76.9 cm³/mol. The van der Waals surface area contributed by atoms with Gasteiger partial charge in [-0.25, -0.2) is 4.68 Å². The summed E-state index contributed by atoms with van der Waals surface area (Å²) in [6, 6.07) is 8.84. The van der Waals surface area contributed by atoms with E-state index < -0.39 is 0 Å². The van der Waals surface area contributed by atoms with Gasteiger partial charge in [-0.05, 0) is 38.1 Å². The normalized spacial score (nSPS) is 10.6. The Balaban J connectivity index is 1.94. The van der Waals surface area contributed by atoms with E-state index in [9.17, 15) is 4.79 Å². The minimum atomic E-state index is -0.193. The molecule has 0 atom stereocenters. The average Bonchev–Trinajstić information content (AvgIpc) is 2.84. The molecule has 0 aliphatic heterocycles. The first-order chi connectivity index (χ1) is 9.54. The fourth-order valence-electron chi connectivity index (χ4n) is 1.59. The maximum atomic E-state index is 11.7. The zero-order valence-electron chi connectivity index (χ0n) is 11.3. The molecule has 0 unspecified atom stereocenters. The molecule has 2 rings (SSSR count). The Bertz CT molecular complexity index is 596. The van der Waals surface area contributed by atoms with Crippen molar-refractivity contribution in [1.82, 2.24) is 15.1 Å². The highest BCUT2D eigenvalue weighted by Crippen LogP contribution is 2.17. The standard InChI is InChI=1S/C14H16ClN3O2/c1-10(2)16-14(19)13-6-7-18(17-13)9-20-12-5-3-4-11(15)8-12/h3-8,10H,9H2,1-2H3,(H,16,19). The summed E-state index contributed by atoms with van der Waals surface area (Å²) in [6.07, 6.45) is 1.69. The summed E-state index contributed by atoms with van der Waals surface area (Å²) in [7, 11) is 0. The van der Waals surface area contributed by atoms with Gasteiger partial charge in [-0.1, -0.05) is 17.7 Å². The van der Waals surface area contributed by atoms with Gasteiger partial charge in [-0.2, -0.15) is 5.10 Å². The summed E-state index contributed by atoms with van der Waals surface area (Å²) in [5, 5.41) is 7.54. The van der Waals surface area contributed by atoms with Gasteiger partial charge in [0.05, 0.1) is 0 Å². The third-order valence-electron chi connectivity index (χ3n) is 2.45. The summed E-state index contributed by atoms with van der Waals surface area (Å²) in [5.41, 5.74) is 0.369. The number of halogens is 1. The van der Waals surface area contributed by atoms with E-state index in [1.54, 1.807) is 29.1 Å². The van der Waals surface area contributed by atoms with E-state index in [0.29, 0.717) is 16.5 Å². The second-order valence-electron chi connectivity index (χ2n) is 4.60. The lowest BCUT2D eigenvalue weighted by Gasteiger charge is -2.07. The monoisotopic (exact) mass is 293 g/mol. The molecule has 0 bridgehead atoms. The number of carbonyl (C=O) groups excluding carboxylic acids is 1. The van der Waals surface area contributed by atoms with Crippen molar-refractivity contribution in [2.24, 2.45) is 0 Å². The van der Waals surface area contributed by atoms with Crippen LogP contribution in [-0.4, -0.2) is 21.7 Å². The van der Waals surface area contributed by atoms with E-state index in [1.807, 2.05) is 26.0 Å². The van der Waals surface area contributed by atoms with Gasteiger partial charge in [0.15, 0.2) is 6.73 Å². The molecule has 5 nitrogen and oxygen atoms in total. The van der Waals surface area contributed by atoms with Crippen LogP contribution in [0.4, 0.5) is 0 Å². The lowest BCUT2D eigenvalue weighted by atomic mass is 10.3. The smallest absolute Gasteiger partial charge is 0.271 e. The number of hydrogen-bond acceptors (Lipinski definition) is 3. The molecule has 0 saturated heterocycles. The van der Waals surface area contributed by atoms with Gasteiger partial charge < -0.3 is 10.1 Å². The zero-order valence-corrected chi connectivity index (χ0v) is 12.1. The number of nitrogens with one attached hydrogen (secondary N) is 1. The van der Waals surface area contributed by atoms with E-state index >= 15 is 0 Å². The Morgan fingerprint density at radius 2 is 2.25 bits per heavy atom. The van der Waals surface area contributed by atoms with Gasteiger partial charge in [0.25, 0.3) is 5.91 Å². The Hall–Kier alpha value is -2.01. The minimum Gasteiger partial charge on any atom is -0.471 e. The molecule has 6 heteroatoms. The number of aromatic nitrogens is 2. The Labute approximate surface area is 122 Å². The maximum Gasteiger partial charge on any atom is 0.271 e. The van der Waals surface area contributed by atoms with Crippen LogP contribution in [0.3, 0.4) is 0 Å². The number of amides is 1. The van der Waals surface area contributed by atoms with Gasteiger partial charge in [0, 0.05) is 17.3 Å². The summed E-state index contributed by atoms with van der Waals surface area (Å²) < 4.78 is 7.08. The van der Waals surface area contributed by atoms with Crippen molar-refractivity contribution in [3.8, 4) is 5.75 Å². The van der Waals surface area contributed by atoms with Crippen molar-refractivity contribution in [3.05, 3.63) is 47.2 Å². The van der Waals surface area contributed by atoms with Crippen LogP contribution in [0.25, 0.3) is 0 Å². The molecule has 1 aromatic heterocycles. The Kier molecular flexibility index (Phi) is 4.63. The molecular formula is C14H16ClN3O2. The molecule has 0 aliphatic carbocycles. The second kappa shape index (κ2) is 6.43. The molecule has 1 aromatic carbocycles. The molecule has 1 amide bonds. The van der Waals surface area contributed by atoms with Crippen LogP contribution in [-0.2, 0) is 6.73 Å². The van der Waals surface area contributed by atoms with Crippen molar-refractivity contribution in [2.75, 3.05) is 0 Å². The first-order valence-corrected chi connectivity index (χ1v) is 6.65. The first kappa shape index (κ1) is 14.4. The molecule has 20 heavy (non-hydrogen) atoms. The maximum absolute atomic E-state index is 11.7. The molecule has 0 radical (unpaired) electrons. The Morgan fingerprint density at radius 3 is 2.95 bits per heavy atom. The summed E-state index contributed by atoms with van der Waals surface area (Å²) in [4.78, 5) is 11.7. The molecule has 0 fully saturated rings. The topological polar surface area (TPSA) is 56.2 Å². The Morgan fingerprint density at radius 1 is 1.45 bits per heavy atom. The third kappa shape index (κ3) is 3.99. The minimum absolute atomic E-state index is 0.0790. The largest absolute Gasteiger partial charge is 0.471 e. The van der Waals surface area contributed by atoms with Crippen LogP contribution in [0.1, 0.15) is 24.3 Å². The van der Waals surface area contributed by atoms with E-state index in [2.05, 4.69) is 10.4 Å². The van der Waals surface area contributed by atoms with Gasteiger partial charge in [0.2, 0.25) is 0 Å². The lowest BCUT2D eigenvalue weighted by Crippen LogP contribution is -2.30. The van der Waals surface area contributed by atoms with E-state index in [-0.39, 0.29) is 18.7 Å². The SMILES string of the molecule is CC(C)NC(=O)c1ccn(COc2cccc(Cl)c2)n1. The van der Waals surface area contributed by atoms with Crippen LogP contribution in [0.2, 0.25) is 5.02 Å². The molecule has 1 N–H and O–H groups in total. The highest BCUT2D eigenvalue weighted by atomic mass is 35.5. The number of benzene rings is 1. The quantitative estimate of drug-likeness (QED) is 0.922. The number of ether oxygens (including phenoxy) is 1. The zero-order chi connectivity index (χ0) is 14.5. The molecular weight excluding hydrogens is 278 g/mol. The molecule has 2 aromatic rings. The summed E-state index contributed by atoms with van der Waals surface area (Å²) >= 11 is 5.87. The highest BCUT2D eigenvalue weighted by Gasteiger charge is 2.10. The predicted octanol–water partition coefficient (Wildman–Crippen LogP) is 2.71. The number of carbonyl (C=O) groups is 1. The molecule has 0 spiro atoms. The van der Waals surface area contributed by atoms with Crippen LogP contribution in [0.15, 0.2) is 36.5 Å². The number of hydrogen-bond donors (Lipinski definition) is 1. The fraction of sp³-hybridized carbons (Fsp3) is 0.286. The molecule has 106 valence electrons. The van der Waals surface area contributed by atoms with Crippen LogP contribution < -0.4 is 10.1 Å². The van der Waals surface area contributed by atoms with Crippen molar-refractivity contribution < 1.29 is 9.53 Å². The van der Waals surface area contributed by atoms with E-state index in [1.165, 1.54) is 0 Å². The van der Waals surface area contributed by atoms with Gasteiger partial charge in [0.1, 0.15) is 11.4 Å². The lowest BCUT2D eigenvalue weighted by molar-refractivity contribution is 0.0936. The van der Waals surface area contributed by atoms with Crippen molar-refractivity contribution in [3.63, 3.8) is 0 Å². The average molecular weight is 294 g/mol. The molecule has 1 heterocycles. The third-order valence-corrected chi connectivity index (χ3v) is 2.69. The van der Waals surface area contributed by atoms with Gasteiger partial charge in [-0.15, -0.1) is 0 Å². The van der Waals surface area contributed by atoms with Crippen molar-refractivity contribution in [1.29, 1.82) is 0 Å². The number of nitrogens with zero attached hydrogens (tertiary/aromatic N) is 2. The molecule has 0 aliphatic rings. The summed E-state index contributed by atoms with van der Waals surface area (Å²) in [5.74, 6) is 0.461. The van der Waals surface area contributed by atoms with Crippen LogP contribution in [0, 0.1) is 0 Å². The molecule has 0 saturated carbocycles. The highest BCUT2D eigenvalue weighted by molar-refractivity contribution is 6.30. The van der Waals surface area contributed by atoms with Crippen molar-refractivity contribution >= 4 is 17.5 Å². The second-order valence-corrected chi connectivity index (χ2v) is 5.04. The first-order valence-electron chi connectivity index (χ1n) is 6.27. The van der Waals surface area contributed by atoms with E-state index in [4.69, 9.17) is 16.3 Å². The van der Waals surface area contributed by atoms with Crippen LogP contribution >= 0.6 is 11.6 Å². The summed E-state index contributed by atoms with van der Waals surface area (Å²) in [6.45, 7) is 4.02. The fourth-order valence-corrected chi connectivity index (χ4v) is 1.77. The van der Waals surface area contributed by atoms with E-state index in [0.717, 1.165) is 0 Å². The van der Waals surface area contributed by atoms with Gasteiger partial charge in [-0.3, -0.25) is 4.79 Å². The van der Waals surface area contributed by atoms with Crippen molar-refractivity contribution in [2.45, 2.75) is 26.6 Å². The number of rotatable bonds is 5.